The zero-order valence-electron chi connectivity index (χ0n) is 16.4. The molecule has 0 spiro atoms. The molecule has 1 aliphatic carbocycles. The number of anilines is 1. The van der Waals surface area contributed by atoms with Gasteiger partial charge in [0.15, 0.2) is 5.13 Å². The predicted octanol–water partition coefficient (Wildman–Crippen LogP) is 1.33. The maximum Gasteiger partial charge on any atom is 0.255 e. The third-order valence-electron chi connectivity index (χ3n) is 6.09. The van der Waals surface area contributed by atoms with Crippen molar-refractivity contribution in [2.45, 2.75) is 57.3 Å². The topological polar surface area (TPSA) is 117 Å². The Kier molecular flexibility index (Phi) is 4.79. The highest BCUT2D eigenvalue weighted by Crippen LogP contribution is 2.32. The molecular weight excluding hydrogens is 402 g/mol. The molecule has 4 N–H and O–H groups in total. The van der Waals surface area contributed by atoms with E-state index in [0.29, 0.717) is 25.1 Å². The van der Waals surface area contributed by atoms with Crippen LogP contribution in [0.4, 0.5) is 5.13 Å². The molecule has 1 unspecified atom stereocenters. The molecule has 8 nitrogen and oxygen atoms in total. The van der Waals surface area contributed by atoms with E-state index >= 15 is 0 Å². The number of fused-ring (bicyclic) bond motifs is 2. The van der Waals surface area contributed by atoms with Crippen molar-refractivity contribution in [2.24, 2.45) is 5.73 Å². The molecule has 1 aromatic carbocycles. The number of thiazole rings is 1. The number of aryl methyl sites for hydroxylation is 1. The zero-order chi connectivity index (χ0) is 20.8. The highest BCUT2D eigenvalue weighted by Gasteiger charge is 2.39. The first-order chi connectivity index (χ1) is 14.5. The van der Waals surface area contributed by atoms with Gasteiger partial charge in [0, 0.05) is 36.0 Å². The molecule has 1 fully saturated rings. The molecule has 0 bridgehead atoms. The van der Waals surface area contributed by atoms with Crippen molar-refractivity contribution in [3.05, 3.63) is 45.5 Å². The molecule has 2 aliphatic heterocycles. The van der Waals surface area contributed by atoms with Gasteiger partial charge in [-0.2, -0.15) is 0 Å². The third kappa shape index (κ3) is 3.37. The molecule has 0 radical (unpaired) electrons. The number of imide groups is 1. The fourth-order valence-corrected chi connectivity index (χ4v) is 5.56. The number of nitrogens with two attached hydrogens (primary N) is 1. The van der Waals surface area contributed by atoms with Crippen LogP contribution in [-0.4, -0.2) is 39.7 Å². The van der Waals surface area contributed by atoms with E-state index in [4.69, 9.17) is 10.7 Å². The maximum atomic E-state index is 12.9. The number of nitrogens with one attached hydrogen (secondary N) is 2. The number of hydrogen-bond donors (Lipinski definition) is 3. The van der Waals surface area contributed by atoms with Gasteiger partial charge in [-0.15, -0.1) is 11.3 Å². The lowest BCUT2D eigenvalue weighted by Crippen LogP contribution is -2.52. The predicted molar refractivity (Wildman–Crippen MR) is 112 cm³/mol. The van der Waals surface area contributed by atoms with E-state index in [-0.39, 0.29) is 24.3 Å². The summed E-state index contributed by atoms with van der Waals surface area (Å²) in [6.45, 7) is 0.930. The molecular formula is C21H23N5O3S. The lowest BCUT2D eigenvalue weighted by molar-refractivity contribution is -0.136. The Labute approximate surface area is 177 Å². The standard InChI is InChI=1S/C21H23N5O3S/c22-12-4-5-15-17(8-12)30-21(24-15)23-9-11-2-1-3-13-14(11)10-26(20(13)29)16-6-7-18(27)25-19(16)28/h1-3,12,16H,4-10,22H2,(H,23,24)(H,25,27,28)/t12-,16?/m1/s1. The van der Waals surface area contributed by atoms with Gasteiger partial charge in [0.05, 0.1) is 5.69 Å². The fourth-order valence-electron chi connectivity index (χ4n) is 4.46. The summed E-state index contributed by atoms with van der Waals surface area (Å²) in [5, 5.41) is 6.61. The van der Waals surface area contributed by atoms with Gasteiger partial charge in [-0.05, 0) is 42.9 Å². The summed E-state index contributed by atoms with van der Waals surface area (Å²) in [4.78, 5) is 44.2. The van der Waals surface area contributed by atoms with E-state index in [9.17, 15) is 14.4 Å². The fraction of sp³-hybridized carbons (Fsp3) is 0.429. The molecule has 3 amide bonds. The first kappa shape index (κ1) is 19.2. The van der Waals surface area contributed by atoms with E-state index in [1.807, 2.05) is 12.1 Å². The number of benzene rings is 1. The molecule has 3 aliphatic rings. The summed E-state index contributed by atoms with van der Waals surface area (Å²) < 4.78 is 0. The van der Waals surface area contributed by atoms with Gasteiger partial charge in [0.1, 0.15) is 6.04 Å². The molecule has 5 rings (SSSR count). The van der Waals surface area contributed by atoms with E-state index in [1.54, 1.807) is 22.3 Å². The van der Waals surface area contributed by atoms with Crippen molar-refractivity contribution in [3.8, 4) is 0 Å². The highest BCUT2D eigenvalue weighted by atomic mass is 32.1. The summed E-state index contributed by atoms with van der Waals surface area (Å²) in [5.41, 5.74) is 9.78. The number of carbonyl (C=O) groups is 3. The number of rotatable bonds is 4. The Morgan fingerprint density at radius 3 is 2.93 bits per heavy atom. The number of carbonyl (C=O) groups excluding carboxylic acids is 3. The van der Waals surface area contributed by atoms with Crippen molar-refractivity contribution < 1.29 is 14.4 Å². The molecule has 9 heteroatoms. The monoisotopic (exact) mass is 425 g/mol. The van der Waals surface area contributed by atoms with Crippen molar-refractivity contribution >= 4 is 34.2 Å². The van der Waals surface area contributed by atoms with Crippen molar-refractivity contribution in [3.63, 3.8) is 0 Å². The molecule has 156 valence electrons. The van der Waals surface area contributed by atoms with Crippen LogP contribution >= 0.6 is 11.3 Å². The Balaban J connectivity index is 1.32. The lowest BCUT2D eigenvalue weighted by Gasteiger charge is -2.29. The molecule has 1 aromatic heterocycles. The van der Waals surface area contributed by atoms with Gasteiger partial charge in [-0.3, -0.25) is 19.7 Å². The van der Waals surface area contributed by atoms with Gasteiger partial charge in [0.2, 0.25) is 11.8 Å². The number of hydrogen-bond acceptors (Lipinski definition) is 7. The Morgan fingerprint density at radius 2 is 2.10 bits per heavy atom. The van der Waals surface area contributed by atoms with Crippen molar-refractivity contribution in [1.82, 2.24) is 15.2 Å². The number of piperidine rings is 1. The first-order valence-electron chi connectivity index (χ1n) is 10.2. The van der Waals surface area contributed by atoms with Crippen LogP contribution in [0.25, 0.3) is 0 Å². The summed E-state index contributed by atoms with van der Waals surface area (Å²) in [6.07, 6.45) is 3.39. The molecule has 30 heavy (non-hydrogen) atoms. The van der Waals surface area contributed by atoms with Crippen LogP contribution < -0.4 is 16.4 Å². The summed E-state index contributed by atoms with van der Waals surface area (Å²) in [5.74, 6) is -0.823. The van der Waals surface area contributed by atoms with Crippen LogP contribution in [0.1, 0.15) is 51.3 Å². The molecule has 1 saturated heterocycles. The third-order valence-corrected chi connectivity index (χ3v) is 7.16. The minimum absolute atomic E-state index is 0.153. The van der Waals surface area contributed by atoms with Crippen molar-refractivity contribution in [2.75, 3.05) is 5.32 Å². The van der Waals surface area contributed by atoms with Crippen LogP contribution in [-0.2, 0) is 35.5 Å². The highest BCUT2D eigenvalue weighted by molar-refractivity contribution is 7.15. The lowest BCUT2D eigenvalue weighted by atomic mass is 9.99. The Bertz CT molecular complexity index is 1050. The molecule has 3 heterocycles. The van der Waals surface area contributed by atoms with E-state index in [1.165, 1.54) is 4.88 Å². The quantitative estimate of drug-likeness (QED) is 0.636. The number of amides is 3. The van der Waals surface area contributed by atoms with Crippen molar-refractivity contribution in [1.29, 1.82) is 0 Å². The second kappa shape index (κ2) is 7.48. The molecule has 0 saturated carbocycles. The zero-order valence-corrected chi connectivity index (χ0v) is 17.3. The van der Waals surface area contributed by atoms with Gasteiger partial charge in [-0.25, -0.2) is 4.98 Å². The smallest absolute Gasteiger partial charge is 0.255 e. The Morgan fingerprint density at radius 1 is 1.23 bits per heavy atom. The normalized spacial score (nSPS) is 23.2. The van der Waals surface area contributed by atoms with E-state index in [0.717, 1.165) is 41.2 Å². The average Bonchev–Trinajstić information content (AvgIpc) is 3.27. The molecule has 2 aromatic rings. The largest absolute Gasteiger partial charge is 0.357 e. The van der Waals surface area contributed by atoms with Gasteiger partial charge in [0.25, 0.3) is 5.91 Å². The summed E-state index contributed by atoms with van der Waals surface area (Å²) in [6, 6.07) is 5.28. The second-order valence-electron chi connectivity index (χ2n) is 8.09. The minimum Gasteiger partial charge on any atom is -0.357 e. The van der Waals surface area contributed by atoms with Gasteiger partial charge >= 0.3 is 0 Å². The van der Waals surface area contributed by atoms with Crippen LogP contribution in [0.2, 0.25) is 0 Å². The molecule has 2 atom stereocenters. The van der Waals surface area contributed by atoms with E-state index in [2.05, 4.69) is 10.6 Å². The second-order valence-corrected chi connectivity index (χ2v) is 9.17. The minimum atomic E-state index is -0.599. The average molecular weight is 426 g/mol. The van der Waals surface area contributed by atoms with Gasteiger partial charge in [-0.1, -0.05) is 12.1 Å². The maximum absolute atomic E-state index is 12.9. The van der Waals surface area contributed by atoms with Gasteiger partial charge < -0.3 is 16.0 Å². The number of nitrogens with zero attached hydrogens (tertiary/aromatic N) is 2. The number of aromatic nitrogens is 1. The summed E-state index contributed by atoms with van der Waals surface area (Å²) in [7, 11) is 0. The van der Waals surface area contributed by atoms with Crippen LogP contribution in [0.5, 0.6) is 0 Å². The summed E-state index contributed by atoms with van der Waals surface area (Å²) >= 11 is 1.65. The first-order valence-corrected chi connectivity index (χ1v) is 11.0. The van der Waals surface area contributed by atoms with Crippen LogP contribution in [0.15, 0.2) is 18.2 Å². The Hall–Kier alpha value is -2.78. The van der Waals surface area contributed by atoms with Crippen LogP contribution in [0.3, 0.4) is 0 Å². The van der Waals surface area contributed by atoms with Crippen LogP contribution in [0, 0.1) is 0 Å². The van der Waals surface area contributed by atoms with E-state index < -0.39 is 11.9 Å². The SMILES string of the molecule is N[C@@H]1CCc2nc(NCc3cccc4c3CN(C3CCC(=O)NC3=O)C4=O)sc2C1.